The molecule has 0 aliphatic carbocycles. The van der Waals surface area contributed by atoms with E-state index in [1.807, 2.05) is 0 Å². The Labute approximate surface area is 106 Å². The number of ether oxygens (including phenoxy) is 1. The van der Waals surface area contributed by atoms with E-state index in [1.54, 1.807) is 0 Å². The van der Waals surface area contributed by atoms with Crippen molar-refractivity contribution in [3.05, 3.63) is 34.3 Å². The molecule has 1 saturated heterocycles. The van der Waals surface area contributed by atoms with Gasteiger partial charge in [0, 0.05) is 23.7 Å². The van der Waals surface area contributed by atoms with Gasteiger partial charge in [0.2, 0.25) is 0 Å². The zero-order valence-electron chi connectivity index (χ0n) is 9.58. The van der Waals surface area contributed by atoms with Crippen molar-refractivity contribution in [1.29, 1.82) is 0 Å². The minimum absolute atomic E-state index is 0.397. The molecule has 2 rings (SSSR count). The van der Waals surface area contributed by atoms with E-state index in [0.29, 0.717) is 12.1 Å². The normalized spacial score (nSPS) is 25.6. The van der Waals surface area contributed by atoms with E-state index in [9.17, 15) is 0 Å². The zero-order valence-corrected chi connectivity index (χ0v) is 11.2. The predicted octanol–water partition coefficient (Wildman–Crippen LogP) is 3.11. The third-order valence-electron chi connectivity index (χ3n) is 2.97. The molecule has 1 aliphatic rings. The molecule has 0 saturated carbocycles. The Morgan fingerprint density at radius 3 is 3.12 bits per heavy atom. The highest BCUT2D eigenvalue weighted by molar-refractivity contribution is 9.10. The van der Waals surface area contributed by atoms with E-state index in [-0.39, 0.29) is 0 Å². The van der Waals surface area contributed by atoms with E-state index in [2.05, 4.69) is 52.4 Å². The molecule has 3 heteroatoms. The van der Waals surface area contributed by atoms with Gasteiger partial charge in [0.05, 0.1) is 6.10 Å². The lowest BCUT2D eigenvalue weighted by Crippen LogP contribution is -2.37. The lowest BCUT2D eigenvalue weighted by atomic mass is 10.0. The second-order valence-electron chi connectivity index (χ2n) is 4.41. The van der Waals surface area contributed by atoms with Crippen molar-refractivity contribution in [2.75, 3.05) is 6.61 Å². The van der Waals surface area contributed by atoms with Crippen molar-refractivity contribution in [3.63, 3.8) is 0 Å². The van der Waals surface area contributed by atoms with Gasteiger partial charge in [-0.3, -0.25) is 0 Å². The van der Waals surface area contributed by atoms with E-state index in [0.717, 1.165) is 30.5 Å². The molecule has 2 unspecified atom stereocenters. The highest BCUT2D eigenvalue weighted by Gasteiger charge is 2.18. The Morgan fingerprint density at radius 2 is 2.38 bits per heavy atom. The standard InChI is InChI=1S/C13H18BrNO/c1-10-7-13(5-6-16-10)15-9-11-3-2-4-12(14)8-11/h2-4,8,10,13,15H,5-7,9H2,1H3. The first kappa shape index (κ1) is 12.1. The van der Waals surface area contributed by atoms with E-state index in [4.69, 9.17) is 4.74 Å². The molecule has 1 heterocycles. The van der Waals surface area contributed by atoms with Gasteiger partial charge in [-0.05, 0) is 37.5 Å². The number of benzene rings is 1. The van der Waals surface area contributed by atoms with Crippen LogP contribution in [0.15, 0.2) is 28.7 Å². The summed E-state index contributed by atoms with van der Waals surface area (Å²) in [7, 11) is 0. The first-order valence-corrected chi connectivity index (χ1v) is 6.63. The number of hydrogen-bond acceptors (Lipinski definition) is 2. The van der Waals surface area contributed by atoms with Gasteiger partial charge in [0.15, 0.2) is 0 Å². The maximum atomic E-state index is 5.53. The van der Waals surface area contributed by atoms with Crippen LogP contribution in [0.25, 0.3) is 0 Å². The molecule has 0 aromatic heterocycles. The number of hydrogen-bond donors (Lipinski definition) is 1. The van der Waals surface area contributed by atoms with Crippen LogP contribution < -0.4 is 5.32 Å². The molecule has 88 valence electrons. The average molecular weight is 284 g/mol. The van der Waals surface area contributed by atoms with Crippen LogP contribution in [0.4, 0.5) is 0 Å². The van der Waals surface area contributed by atoms with Gasteiger partial charge in [0.25, 0.3) is 0 Å². The lowest BCUT2D eigenvalue weighted by molar-refractivity contribution is 0.0130. The molecule has 0 spiro atoms. The third-order valence-corrected chi connectivity index (χ3v) is 3.46. The SMILES string of the molecule is CC1CC(NCc2cccc(Br)c2)CCO1. The smallest absolute Gasteiger partial charge is 0.0561 e. The molecule has 0 bridgehead atoms. The Kier molecular flexibility index (Phi) is 4.38. The molecule has 0 radical (unpaired) electrons. The molecule has 2 nitrogen and oxygen atoms in total. The van der Waals surface area contributed by atoms with Crippen molar-refractivity contribution >= 4 is 15.9 Å². The fraction of sp³-hybridized carbons (Fsp3) is 0.538. The van der Waals surface area contributed by atoms with Gasteiger partial charge in [0.1, 0.15) is 0 Å². The summed E-state index contributed by atoms with van der Waals surface area (Å²) in [6, 6.07) is 9.05. The fourth-order valence-electron chi connectivity index (χ4n) is 2.09. The minimum Gasteiger partial charge on any atom is -0.378 e. The summed E-state index contributed by atoms with van der Waals surface area (Å²) < 4.78 is 6.68. The highest BCUT2D eigenvalue weighted by atomic mass is 79.9. The van der Waals surface area contributed by atoms with Gasteiger partial charge in [-0.15, -0.1) is 0 Å². The van der Waals surface area contributed by atoms with Crippen molar-refractivity contribution in [2.45, 2.75) is 38.5 Å². The van der Waals surface area contributed by atoms with Crippen LogP contribution in [0.5, 0.6) is 0 Å². The Hall–Kier alpha value is -0.380. The molecule has 16 heavy (non-hydrogen) atoms. The van der Waals surface area contributed by atoms with Gasteiger partial charge < -0.3 is 10.1 Å². The second-order valence-corrected chi connectivity index (χ2v) is 5.33. The summed E-state index contributed by atoms with van der Waals surface area (Å²) >= 11 is 3.49. The summed E-state index contributed by atoms with van der Waals surface area (Å²) in [5.41, 5.74) is 1.33. The second kappa shape index (κ2) is 5.80. The number of halogens is 1. The molecular weight excluding hydrogens is 266 g/mol. The van der Waals surface area contributed by atoms with Crippen LogP contribution >= 0.6 is 15.9 Å². The lowest BCUT2D eigenvalue weighted by Gasteiger charge is -2.28. The molecule has 2 atom stereocenters. The van der Waals surface area contributed by atoms with Gasteiger partial charge in [-0.1, -0.05) is 28.1 Å². The van der Waals surface area contributed by atoms with Crippen molar-refractivity contribution < 1.29 is 4.74 Å². The molecule has 1 aromatic rings. The number of nitrogens with one attached hydrogen (secondary N) is 1. The third kappa shape index (κ3) is 3.58. The van der Waals surface area contributed by atoms with E-state index in [1.165, 1.54) is 5.56 Å². The van der Waals surface area contributed by atoms with Crippen LogP contribution in [0.1, 0.15) is 25.3 Å². The number of rotatable bonds is 3. The van der Waals surface area contributed by atoms with Gasteiger partial charge in [-0.2, -0.15) is 0 Å². The molecule has 1 aliphatic heterocycles. The van der Waals surface area contributed by atoms with Crippen molar-refractivity contribution in [2.24, 2.45) is 0 Å². The largest absolute Gasteiger partial charge is 0.378 e. The van der Waals surface area contributed by atoms with Gasteiger partial charge in [-0.25, -0.2) is 0 Å². The summed E-state index contributed by atoms with van der Waals surface area (Å²) in [4.78, 5) is 0. The Balaban J connectivity index is 1.82. The molecule has 0 amide bonds. The van der Waals surface area contributed by atoms with Crippen LogP contribution in [0.3, 0.4) is 0 Å². The zero-order chi connectivity index (χ0) is 11.4. The van der Waals surface area contributed by atoms with Crippen molar-refractivity contribution in [1.82, 2.24) is 5.32 Å². The Bertz CT molecular complexity index is 342. The topological polar surface area (TPSA) is 21.3 Å². The van der Waals surface area contributed by atoms with Gasteiger partial charge >= 0.3 is 0 Å². The first-order valence-electron chi connectivity index (χ1n) is 5.83. The summed E-state index contributed by atoms with van der Waals surface area (Å²) in [6.45, 7) is 3.97. The van der Waals surface area contributed by atoms with E-state index < -0.39 is 0 Å². The summed E-state index contributed by atoms with van der Waals surface area (Å²) in [5.74, 6) is 0. The maximum absolute atomic E-state index is 5.53. The monoisotopic (exact) mass is 283 g/mol. The molecule has 1 fully saturated rings. The summed E-state index contributed by atoms with van der Waals surface area (Å²) in [5, 5.41) is 3.59. The quantitative estimate of drug-likeness (QED) is 0.921. The minimum atomic E-state index is 0.397. The van der Waals surface area contributed by atoms with Crippen LogP contribution in [-0.4, -0.2) is 18.8 Å². The van der Waals surface area contributed by atoms with Crippen LogP contribution in [0.2, 0.25) is 0 Å². The maximum Gasteiger partial charge on any atom is 0.0561 e. The van der Waals surface area contributed by atoms with Crippen molar-refractivity contribution in [3.8, 4) is 0 Å². The Morgan fingerprint density at radius 1 is 1.50 bits per heavy atom. The van der Waals surface area contributed by atoms with Crippen LogP contribution in [-0.2, 0) is 11.3 Å². The predicted molar refractivity (Wildman–Crippen MR) is 69.4 cm³/mol. The van der Waals surface area contributed by atoms with Crippen LogP contribution in [0, 0.1) is 0 Å². The average Bonchev–Trinajstić information content (AvgIpc) is 2.27. The highest BCUT2D eigenvalue weighted by Crippen LogP contribution is 2.15. The van der Waals surface area contributed by atoms with E-state index >= 15 is 0 Å². The summed E-state index contributed by atoms with van der Waals surface area (Å²) in [6.07, 6.45) is 2.64. The molecule has 1 aromatic carbocycles. The first-order chi connectivity index (χ1) is 7.74. The molecular formula is C13H18BrNO. The molecule has 1 N–H and O–H groups in total. The fourth-order valence-corrected chi connectivity index (χ4v) is 2.54.